The highest BCUT2D eigenvalue weighted by molar-refractivity contribution is 6.32. The number of rotatable bonds is 5. The second kappa shape index (κ2) is 8.63. The van der Waals surface area contributed by atoms with Crippen molar-refractivity contribution in [1.29, 1.82) is 0 Å². The summed E-state index contributed by atoms with van der Waals surface area (Å²) < 4.78 is 0. The van der Waals surface area contributed by atoms with Gasteiger partial charge in [-0.15, -0.1) is 0 Å². The molecule has 0 aliphatic heterocycles. The summed E-state index contributed by atoms with van der Waals surface area (Å²) in [4.78, 5) is 12.0. The summed E-state index contributed by atoms with van der Waals surface area (Å²) in [5.41, 5.74) is 1.13. The quantitative estimate of drug-likeness (QED) is 0.820. The molecule has 108 valence electrons. The zero-order valence-corrected chi connectivity index (χ0v) is 12.6. The Morgan fingerprint density at radius 3 is 2.65 bits per heavy atom. The van der Waals surface area contributed by atoms with Crippen molar-refractivity contribution in [2.24, 2.45) is 5.92 Å². The van der Waals surface area contributed by atoms with Crippen molar-refractivity contribution in [2.75, 3.05) is 13.2 Å². The van der Waals surface area contributed by atoms with Gasteiger partial charge in [0.1, 0.15) is 6.61 Å². The van der Waals surface area contributed by atoms with Crippen LogP contribution in [0.1, 0.15) is 42.6 Å². The van der Waals surface area contributed by atoms with E-state index in [-0.39, 0.29) is 12.5 Å². The van der Waals surface area contributed by atoms with E-state index in [1.807, 2.05) is 0 Å². The van der Waals surface area contributed by atoms with Crippen molar-refractivity contribution in [2.45, 2.75) is 26.7 Å². The van der Waals surface area contributed by atoms with Gasteiger partial charge in [-0.3, -0.25) is 4.79 Å². The van der Waals surface area contributed by atoms with Crippen LogP contribution < -0.4 is 5.32 Å². The molecule has 1 aromatic carbocycles. The lowest BCUT2D eigenvalue weighted by atomic mass is 10.0. The van der Waals surface area contributed by atoms with E-state index in [0.717, 1.165) is 12.8 Å². The molecule has 4 heteroatoms. The fourth-order valence-electron chi connectivity index (χ4n) is 1.81. The van der Waals surface area contributed by atoms with Crippen LogP contribution in [0.3, 0.4) is 0 Å². The van der Waals surface area contributed by atoms with Crippen LogP contribution in [0.25, 0.3) is 0 Å². The normalized spacial score (nSPS) is 10.1. The molecule has 20 heavy (non-hydrogen) atoms. The van der Waals surface area contributed by atoms with Crippen molar-refractivity contribution in [3.63, 3.8) is 0 Å². The maximum Gasteiger partial charge on any atom is 0.251 e. The molecule has 0 fully saturated rings. The standard InChI is InChI=1S/C16H20ClNO2/c1-3-12(4-2)11-18-16(20)14-8-7-13(6-5-9-19)15(17)10-14/h7-8,10,12,19H,3-4,9,11H2,1-2H3,(H,18,20). The van der Waals surface area contributed by atoms with Crippen molar-refractivity contribution in [3.05, 3.63) is 34.3 Å². The van der Waals surface area contributed by atoms with Crippen molar-refractivity contribution >= 4 is 17.5 Å². The molecule has 0 saturated carbocycles. The number of halogens is 1. The van der Waals surface area contributed by atoms with Crippen LogP contribution in [-0.2, 0) is 0 Å². The van der Waals surface area contributed by atoms with Gasteiger partial charge in [-0.2, -0.15) is 0 Å². The number of nitrogens with one attached hydrogen (secondary N) is 1. The van der Waals surface area contributed by atoms with Gasteiger partial charge in [0, 0.05) is 17.7 Å². The Hall–Kier alpha value is -1.50. The van der Waals surface area contributed by atoms with Crippen LogP contribution in [0.5, 0.6) is 0 Å². The van der Waals surface area contributed by atoms with Gasteiger partial charge >= 0.3 is 0 Å². The molecule has 0 bridgehead atoms. The first-order chi connectivity index (χ1) is 9.62. The maximum absolute atomic E-state index is 12.0. The largest absolute Gasteiger partial charge is 0.384 e. The molecule has 0 aromatic heterocycles. The Kier molecular flexibility index (Phi) is 7.14. The first kappa shape index (κ1) is 16.6. The molecule has 0 saturated heterocycles. The molecule has 1 rings (SSSR count). The fourth-order valence-corrected chi connectivity index (χ4v) is 2.04. The number of hydrogen-bond donors (Lipinski definition) is 2. The van der Waals surface area contributed by atoms with Crippen molar-refractivity contribution < 1.29 is 9.90 Å². The lowest BCUT2D eigenvalue weighted by Gasteiger charge is -2.13. The van der Waals surface area contributed by atoms with E-state index in [1.165, 1.54) is 0 Å². The molecule has 2 N–H and O–H groups in total. The summed E-state index contributed by atoms with van der Waals surface area (Å²) in [6.45, 7) is 4.70. The van der Waals surface area contributed by atoms with Crippen LogP contribution in [0.15, 0.2) is 18.2 Å². The summed E-state index contributed by atoms with van der Waals surface area (Å²) in [6.07, 6.45) is 2.10. The van der Waals surface area contributed by atoms with Crippen molar-refractivity contribution in [1.82, 2.24) is 5.32 Å². The molecule has 0 spiro atoms. The number of benzene rings is 1. The van der Waals surface area contributed by atoms with Gasteiger partial charge in [-0.25, -0.2) is 0 Å². The molecular formula is C16H20ClNO2. The Morgan fingerprint density at radius 2 is 2.10 bits per heavy atom. The first-order valence-corrected chi connectivity index (χ1v) is 7.17. The Morgan fingerprint density at radius 1 is 1.40 bits per heavy atom. The molecule has 1 amide bonds. The van der Waals surface area contributed by atoms with E-state index in [2.05, 4.69) is 31.0 Å². The van der Waals surface area contributed by atoms with E-state index in [1.54, 1.807) is 18.2 Å². The minimum atomic E-state index is -0.214. The highest BCUT2D eigenvalue weighted by Crippen LogP contribution is 2.17. The van der Waals surface area contributed by atoms with Gasteiger partial charge < -0.3 is 10.4 Å². The van der Waals surface area contributed by atoms with E-state index in [4.69, 9.17) is 16.7 Å². The predicted molar refractivity (Wildman–Crippen MR) is 81.8 cm³/mol. The topological polar surface area (TPSA) is 49.3 Å². The van der Waals surface area contributed by atoms with E-state index < -0.39 is 0 Å². The molecule has 0 radical (unpaired) electrons. The highest BCUT2D eigenvalue weighted by atomic mass is 35.5. The lowest BCUT2D eigenvalue weighted by Crippen LogP contribution is -2.28. The second-order valence-electron chi connectivity index (χ2n) is 4.55. The van der Waals surface area contributed by atoms with E-state index in [9.17, 15) is 4.79 Å². The molecule has 0 heterocycles. The van der Waals surface area contributed by atoms with Gasteiger partial charge in [0.25, 0.3) is 5.91 Å². The number of carbonyl (C=O) groups excluding carboxylic acids is 1. The van der Waals surface area contributed by atoms with Crippen LogP contribution >= 0.6 is 11.6 Å². The highest BCUT2D eigenvalue weighted by Gasteiger charge is 2.10. The third kappa shape index (κ3) is 4.88. The number of hydrogen-bond acceptors (Lipinski definition) is 2. The molecule has 0 aliphatic rings. The minimum absolute atomic E-state index is 0.125. The maximum atomic E-state index is 12.0. The van der Waals surface area contributed by atoms with Crippen LogP contribution in [0, 0.1) is 17.8 Å². The van der Waals surface area contributed by atoms with Crippen LogP contribution in [-0.4, -0.2) is 24.2 Å². The van der Waals surface area contributed by atoms with Crippen LogP contribution in [0.2, 0.25) is 5.02 Å². The van der Waals surface area contributed by atoms with Gasteiger partial charge in [0.2, 0.25) is 0 Å². The smallest absolute Gasteiger partial charge is 0.251 e. The summed E-state index contributed by atoms with van der Waals surface area (Å²) in [5, 5.41) is 12.0. The summed E-state index contributed by atoms with van der Waals surface area (Å²) in [5.74, 6) is 5.64. The SMILES string of the molecule is CCC(CC)CNC(=O)c1ccc(C#CCO)c(Cl)c1. The van der Waals surface area contributed by atoms with Crippen LogP contribution in [0.4, 0.5) is 0 Å². The zero-order chi connectivity index (χ0) is 15.0. The molecular weight excluding hydrogens is 274 g/mol. The van der Waals surface area contributed by atoms with Gasteiger partial charge in [-0.1, -0.05) is 50.1 Å². The second-order valence-corrected chi connectivity index (χ2v) is 4.95. The number of aliphatic hydroxyl groups is 1. The number of aliphatic hydroxyl groups excluding tert-OH is 1. The number of amides is 1. The van der Waals surface area contributed by atoms with Gasteiger partial charge in [0.05, 0.1) is 5.02 Å². The molecule has 0 atom stereocenters. The van der Waals surface area contributed by atoms with Gasteiger partial charge in [0.15, 0.2) is 0 Å². The predicted octanol–water partition coefficient (Wildman–Crippen LogP) is 2.85. The average Bonchev–Trinajstić information content (AvgIpc) is 2.46. The summed E-state index contributed by atoms with van der Waals surface area (Å²) in [6, 6.07) is 4.98. The van der Waals surface area contributed by atoms with Crippen molar-refractivity contribution in [3.8, 4) is 11.8 Å². The number of carbonyl (C=O) groups is 1. The third-order valence-electron chi connectivity index (χ3n) is 3.24. The summed E-state index contributed by atoms with van der Waals surface area (Å²) in [7, 11) is 0. The van der Waals surface area contributed by atoms with E-state index in [0.29, 0.717) is 28.6 Å². The average molecular weight is 294 g/mol. The Bertz CT molecular complexity index is 513. The third-order valence-corrected chi connectivity index (χ3v) is 3.55. The zero-order valence-electron chi connectivity index (χ0n) is 11.9. The lowest BCUT2D eigenvalue weighted by molar-refractivity contribution is 0.0946. The fraction of sp³-hybridized carbons (Fsp3) is 0.438. The monoisotopic (exact) mass is 293 g/mol. The minimum Gasteiger partial charge on any atom is -0.384 e. The van der Waals surface area contributed by atoms with Gasteiger partial charge in [-0.05, 0) is 24.1 Å². The summed E-state index contributed by atoms with van der Waals surface area (Å²) >= 11 is 6.06. The first-order valence-electron chi connectivity index (χ1n) is 6.79. The molecule has 0 aliphatic carbocycles. The van der Waals surface area contributed by atoms with E-state index >= 15 is 0 Å². The molecule has 0 unspecified atom stereocenters. The Labute approximate surface area is 125 Å². The molecule has 1 aromatic rings. The Balaban J connectivity index is 2.72. The molecule has 3 nitrogen and oxygen atoms in total.